The first-order valence-electron chi connectivity index (χ1n) is 8.65. The van der Waals surface area contributed by atoms with Gasteiger partial charge < -0.3 is 15.2 Å². The Morgan fingerprint density at radius 1 is 1.15 bits per heavy atom. The smallest absolute Gasteiger partial charge is 0.244 e. The third kappa shape index (κ3) is 4.41. The van der Waals surface area contributed by atoms with Gasteiger partial charge in [0.05, 0.1) is 12.1 Å². The van der Waals surface area contributed by atoms with Crippen molar-refractivity contribution in [1.82, 2.24) is 19.9 Å². The summed E-state index contributed by atoms with van der Waals surface area (Å²) in [6.07, 6.45) is 0. The van der Waals surface area contributed by atoms with Gasteiger partial charge in [-0.3, -0.25) is 9.69 Å². The van der Waals surface area contributed by atoms with Crippen LogP contribution < -0.4 is 5.73 Å². The summed E-state index contributed by atoms with van der Waals surface area (Å²) in [5.74, 6) is 1.21. The topological polar surface area (TPSA) is 88.5 Å². The normalized spacial score (nSPS) is 17.5. The molecule has 1 aromatic carbocycles. The minimum absolute atomic E-state index is 0. The molecule has 7 nitrogen and oxygen atoms in total. The van der Waals surface area contributed by atoms with Crippen LogP contribution in [0.2, 0.25) is 0 Å². The van der Waals surface area contributed by atoms with Gasteiger partial charge >= 0.3 is 0 Å². The van der Waals surface area contributed by atoms with E-state index in [4.69, 9.17) is 10.3 Å². The Morgan fingerprint density at radius 3 is 2.35 bits per heavy atom. The molecule has 1 aromatic heterocycles. The standard InChI is InChI=1S/C18H25N5O2.ClH/c1-12-4-6-15(7-5-12)16-20-17(25-21-16)14(3)22-8-10-23(11-9-22)18(24)13(2)19;/h4-7,13-14H,8-11,19H2,1-3H3;1H. The van der Waals surface area contributed by atoms with E-state index in [1.807, 2.05) is 36.1 Å². The van der Waals surface area contributed by atoms with Crippen molar-refractivity contribution in [2.75, 3.05) is 26.2 Å². The number of aromatic nitrogens is 2. The molecule has 3 rings (SSSR count). The molecule has 1 aliphatic rings. The minimum Gasteiger partial charge on any atom is -0.339 e. The molecule has 26 heavy (non-hydrogen) atoms. The van der Waals surface area contributed by atoms with Crippen LogP contribution >= 0.6 is 12.4 Å². The highest BCUT2D eigenvalue weighted by atomic mass is 35.5. The monoisotopic (exact) mass is 379 g/mol. The second-order valence-corrected chi connectivity index (χ2v) is 6.65. The average Bonchev–Trinajstić information content (AvgIpc) is 3.11. The number of piperazine rings is 1. The molecule has 0 saturated carbocycles. The number of hydrogen-bond donors (Lipinski definition) is 1. The van der Waals surface area contributed by atoms with E-state index in [0.717, 1.165) is 18.7 Å². The number of rotatable bonds is 4. The van der Waals surface area contributed by atoms with Crippen LogP contribution in [0.1, 0.15) is 31.3 Å². The first-order valence-corrected chi connectivity index (χ1v) is 8.65. The van der Waals surface area contributed by atoms with E-state index in [0.29, 0.717) is 24.8 Å². The molecule has 1 aliphatic heterocycles. The molecule has 2 N–H and O–H groups in total. The predicted molar refractivity (Wildman–Crippen MR) is 102 cm³/mol. The van der Waals surface area contributed by atoms with Crippen LogP contribution in [0.25, 0.3) is 11.4 Å². The summed E-state index contributed by atoms with van der Waals surface area (Å²) in [5.41, 5.74) is 7.82. The van der Waals surface area contributed by atoms with Crippen LogP contribution in [0.3, 0.4) is 0 Å². The number of amides is 1. The van der Waals surface area contributed by atoms with Gasteiger partial charge in [-0.25, -0.2) is 0 Å². The molecule has 0 spiro atoms. The van der Waals surface area contributed by atoms with E-state index in [9.17, 15) is 4.79 Å². The molecule has 0 aliphatic carbocycles. The maximum Gasteiger partial charge on any atom is 0.244 e. The number of nitrogens with two attached hydrogens (primary N) is 1. The number of halogens is 1. The molecule has 0 bridgehead atoms. The third-order valence-corrected chi connectivity index (χ3v) is 4.67. The highest BCUT2D eigenvalue weighted by molar-refractivity contribution is 5.85. The Bertz CT molecular complexity index is 723. The Hall–Kier alpha value is -1.96. The van der Waals surface area contributed by atoms with Crippen molar-refractivity contribution in [3.63, 3.8) is 0 Å². The van der Waals surface area contributed by atoms with Gasteiger partial charge in [0.2, 0.25) is 17.6 Å². The maximum absolute atomic E-state index is 12.0. The van der Waals surface area contributed by atoms with Gasteiger partial charge in [-0.05, 0) is 20.8 Å². The summed E-state index contributed by atoms with van der Waals surface area (Å²) >= 11 is 0. The Kier molecular flexibility index (Phi) is 6.75. The van der Waals surface area contributed by atoms with Crippen molar-refractivity contribution < 1.29 is 9.32 Å². The van der Waals surface area contributed by atoms with Crippen molar-refractivity contribution >= 4 is 18.3 Å². The third-order valence-electron chi connectivity index (χ3n) is 4.67. The number of carbonyl (C=O) groups excluding carboxylic acids is 1. The molecule has 1 fully saturated rings. The first-order chi connectivity index (χ1) is 12.0. The van der Waals surface area contributed by atoms with Crippen LogP contribution in [0, 0.1) is 6.92 Å². The lowest BCUT2D eigenvalue weighted by atomic mass is 10.1. The molecule has 142 valence electrons. The summed E-state index contributed by atoms with van der Waals surface area (Å²) < 4.78 is 5.47. The zero-order valence-corrected chi connectivity index (χ0v) is 16.2. The summed E-state index contributed by atoms with van der Waals surface area (Å²) in [6.45, 7) is 8.69. The van der Waals surface area contributed by atoms with E-state index in [1.54, 1.807) is 6.92 Å². The summed E-state index contributed by atoms with van der Waals surface area (Å²) in [6, 6.07) is 7.61. The predicted octanol–water partition coefficient (Wildman–Crippen LogP) is 2.02. The Morgan fingerprint density at radius 2 is 1.77 bits per heavy atom. The van der Waals surface area contributed by atoms with Crippen LogP contribution in [-0.4, -0.2) is 58.1 Å². The summed E-state index contributed by atoms with van der Waals surface area (Å²) in [7, 11) is 0. The first kappa shape index (κ1) is 20.4. The summed E-state index contributed by atoms with van der Waals surface area (Å²) in [4.78, 5) is 20.6. The highest BCUT2D eigenvalue weighted by Gasteiger charge is 2.28. The van der Waals surface area contributed by atoms with Gasteiger partial charge in [-0.15, -0.1) is 12.4 Å². The largest absolute Gasteiger partial charge is 0.339 e. The SMILES string of the molecule is Cc1ccc(-c2noc(C(C)N3CCN(C(=O)C(C)N)CC3)n2)cc1.Cl. The zero-order valence-electron chi connectivity index (χ0n) is 15.4. The number of carbonyl (C=O) groups is 1. The van der Waals surface area contributed by atoms with E-state index in [1.165, 1.54) is 5.56 Å². The lowest BCUT2D eigenvalue weighted by molar-refractivity contribution is -0.134. The number of nitrogens with zero attached hydrogens (tertiary/aromatic N) is 4. The minimum atomic E-state index is -0.447. The molecule has 1 saturated heterocycles. The van der Waals surface area contributed by atoms with Crippen molar-refractivity contribution in [1.29, 1.82) is 0 Å². The van der Waals surface area contributed by atoms with Crippen molar-refractivity contribution in [2.24, 2.45) is 5.73 Å². The van der Waals surface area contributed by atoms with Crippen LogP contribution in [0.15, 0.2) is 28.8 Å². The number of aryl methyl sites for hydroxylation is 1. The number of benzene rings is 1. The fraction of sp³-hybridized carbons (Fsp3) is 0.500. The quantitative estimate of drug-likeness (QED) is 0.874. The Balaban J connectivity index is 0.00000243. The van der Waals surface area contributed by atoms with Gasteiger partial charge in [-0.2, -0.15) is 4.98 Å². The van der Waals surface area contributed by atoms with E-state index in [2.05, 4.69) is 22.0 Å². The van der Waals surface area contributed by atoms with Gasteiger partial charge in [0.25, 0.3) is 0 Å². The van der Waals surface area contributed by atoms with Crippen molar-refractivity contribution in [3.8, 4) is 11.4 Å². The maximum atomic E-state index is 12.0. The fourth-order valence-electron chi connectivity index (χ4n) is 3.00. The molecule has 1 amide bonds. The lowest BCUT2D eigenvalue weighted by Crippen LogP contribution is -2.52. The number of hydrogen-bond acceptors (Lipinski definition) is 6. The van der Waals surface area contributed by atoms with Crippen LogP contribution in [0.5, 0.6) is 0 Å². The second kappa shape index (κ2) is 8.62. The van der Waals surface area contributed by atoms with Gasteiger partial charge in [0.15, 0.2) is 0 Å². The molecule has 2 atom stereocenters. The molecule has 2 aromatic rings. The van der Waals surface area contributed by atoms with Crippen LogP contribution in [-0.2, 0) is 4.79 Å². The molecular weight excluding hydrogens is 354 g/mol. The fourth-order valence-corrected chi connectivity index (χ4v) is 3.00. The van der Waals surface area contributed by atoms with Crippen molar-refractivity contribution in [3.05, 3.63) is 35.7 Å². The van der Waals surface area contributed by atoms with Gasteiger partial charge in [-0.1, -0.05) is 35.0 Å². The van der Waals surface area contributed by atoms with Gasteiger partial charge in [0.1, 0.15) is 0 Å². The molecule has 2 heterocycles. The molecular formula is C18H26ClN5O2. The second-order valence-electron chi connectivity index (χ2n) is 6.65. The average molecular weight is 380 g/mol. The van der Waals surface area contributed by atoms with Gasteiger partial charge in [0, 0.05) is 31.7 Å². The summed E-state index contributed by atoms with van der Waals surface area (Å²) in [5, 5.41) is 4.10. The van der Waals surface area contributed by atoms with E-state index in [-0.39, 0.29) is 24.4 Å². The highest BCUT2D eigenvalue weighted by Crippen LogP contribution is 2.23. The molecule has 8 heteroatoms. The molecule has 2 unspecified atom stereocenters. The zero-order chi connectivity index (χ0) is 18.0. The Labute approximate surface area is 159 Å². The van der Waals surface area contributed by atoms with E-state index >= 15 is 0 Å². The lowest BCUT2D eigenvalue weighted by Gasteiger charge is -2.37. The molecule has 0 radical (unpaired) electrons. The van der Waals surface area contributed by atoms with E-state index < -0.39 is 6.04 Å². The van der Waals surface area contributed by atoms with Crippen LogP contribution in [0.4, 0.5) is 0 Å². The van der Waals surface area contributed by atoms with Crippen molar-refractivity contribution in [2.45, 2.75) is 32.9 Å².